The van der Waals surface area contributed by atoms with E-state index in [2.05, 4.69) is 265 Å². The van der Waals surface area contributed by atoms with Crippen molar-refractivity contribution in [1.29, 1.82) is 0 Å². The summed E-state index contributed by atoms with van der Waals surface area (Å²) < 4.78 is 44.1. The van der Waals surface area contributed by atoms with Crippen LogP contribution in [0.5, 0.6) is 23.1 Å². The lowest BCUT2D eigenvalue weighted by Gasteiger charge is -2.17. The van der Waals surface area contributed by atoms with Gasteiger partial charge in [0.15, 0.2) is 0 Å². The Labute approximate surface area is 682 Å². The van der Waals surface area contributed by atoms with Gasteiger partial charge in [-0.2, -0.15) is 0 Å². The topological polar surface area (TPSA) is 92.1 Å². The lowest BCUT2D eigenvalue weighted by molar-refractivity contribution is 0.136. The van der Waals surface area contributed by atoms with Gasteiger partial charge in [0.1, 0.15) is 35.0 Å². The van der Waals surface area contributed by atoms with Gasteiger partial charge in [-0.05, 0) is 304 Å². The first-order valence-electron chi connectivity index (χ1n) is 39.6. The van der Waals surface area contributed by atoms with Crippen molar-refractivity contribution in [3.05, 3.63) is 472 Å². The van der Waals surface area contributed by atoms with Gasteiger partial charge in [-0.15, -0.1) is 0 Å². The first-order valence-corrected chi connectivity index (χ1v) is 39.6. The van der Waals surface area contributed by atoms with E-state index in [9.17, 15) is 8.78 Å². The van der Waals surface area contributed by atoms with Crippen LogP contribution in [-0.4, -0.2) is 32.0 Å². The predicted molar refractivity (Wildman–Crippen MR) is 468 cm³/mol. The van der Waals surface area contributed by atoms with Crippen LogP contribution in [0.15, 0.2) is 371 Å². The highest BCUT2D eigenvalue weighted by Crippen LogP contribution is 2.35. The van der Waals surface area contributed by atoms with E-state index in [1.165, 1.54) is 124 Å². The van der Waals surface area contributed by atoms with E-state index in [4.69, 9.17) is 14.2 Å². The Bertz CT molecular complexity index is 5490. The molecule has 576 valence electrons. The molecule has 1 atom stereocenters. The molecule has 10 heteroatoms. The second kappa shape index (κ2) is 41.4. The molecule has 0 N–H and O–H groups in total. The van der Waals surface area contributed by atoms with Gasteiger partial charge in [0.25, 0.3) is 0 Å². The summed E-state index contributed by atoms with van der Waals surface area (Å²) in [7, 11) is 1.73. The Morgan fingerprint density at radius 3 is 0.948 bits per heavy atom. The Hall–Kier alpha value is -13.4. The molecule has 5 aromatic heterocycles. The summed E-state index contributed by atoms with van der Waals surface area (Å²) in [6.07, 6.45) is 25.5. The molecule has 0 aliphatic rings. The number of benzene rings is 11. The van der Waals surface area contributed by atoms with Gasteiger partial charge >= 0.3 is 0 Å². The first kappa shape index (κ1) is 80.6. The van der Waals surface area contributed by atoms with Gasteiger partial charge < -0.3 is 14.2 Å². The molecule has 11 aromatic carbocycles. The third kappa shape index (κ3) is 23.8. The van der Waals surface area contributed by atoms with Gasteiger partial charge in [-0.1, -0.05) is 224 Å². The third-order valence-electron chi connectivity index (χ3n) is 20.6. The maximum Gasteiger partial charge on any atom is 0.219 e. The molecule has 0 saturated carbocycles. The summed E-state index contributed by atoms with van der Waals surface area (Å²) in [6.45, 7) is 8.54. The maximum absolute atomic E-state index is 13.1. The Balaban J connectivity index is 0.000000135. The van der Waals surface area contributed by atoms with Gasteiger partial charge in [0.05, 0.1) is 0 Å². The van der Waals surface area contributed by atoms with Crippen LogP contribution in [0.2, 0.25) is 0 Å². The number of hydrogen-bond acceptors (Lipinski definition) is 8. The summed E-state index contributed by atoms with van der Waals surface area (Å²) in [5.74, 6) is 2.71. The van der Waals surface area contributed by atoms with Crippen LogP contribution in [0.4, 0.5) is 8.78 Å². The molecule has 8 nitrogen and oxygen atoms in total. The van der Waals surface area contributed by atoms with E-state index in [1.807, 2.05) is 110 Å². The van der Waals surface area contributed by atoms with Crippen LogP contribution in [-0.2, 0) is 62.5 Å². The molecule has 0 saturated heterocycles. The molecule has 0 radical (unpaired) electrons. The quantitative estimate of drug-likeness (QED) is 0.0559. The second-order valence-electron chi connectivity index (χ2n) is 29.1. The monoisotopic (exact) mass is 1520 g/mol. The van der Waals surface area contributed by atoms with E-state index in [0.29, 0.717) is 5.88 Å². The number of aryl methyl sites for hydroxylation is 12. The standard InChI is InChI=1S/C27H24FNO.C27H25NO.C26H22FN.C26H24N2O/c1-30-27(25-12-10-22(11-13-25)23-14-16-26(28)17-15-23)24-8-6-20(7-9-24)4-5-21-3-2-18-29-19-21;1-20-6-3-4-8-26(20)27-16-15-25(18-21(27)2)29-24-13-11-22(12-14-24)9-10-23-7-5-17-28-19-23;27-26-15-13-25(14-16-26)24-11-9-22(10-12-24)18-21-6-3-20(4-7-21)5-8-23-2-1-17-28-19-23;1-19-6-3-4-8-24(19)25-13-12-23(16-20(25)2)29-26-14-11-22(18-28-26)10-9-21-7-5-15-27-17-21/h2-3,6-19,27H,4-5H2,1H3;3-8,11-19H,9-10H2,1-2H3;1-4,6-7,9-17,19H,5,8,18H2;3-8,11-18H,9-10H2,1-2H3. The molecule has 16 aromatic rings. The Kier molecular flexibility index (Phi) is 28.8. The first-order chi connectivity index (χ1) is 56.9. The molecule has 5 heterocycles. The SMILES string of the molecule is COC(c1ccc(CCc2cccnc2)cc1)c1ccc(-c2ccc(F)cc2)cc1.Cc1ccccc1-c1ccc(Oc2ccc(CCc3cccnc3)cc2)cc1C.Cc1ccccc1-c1ccc(Oc2ccc(CCc3cccnc3)cn2)cc1C.Fc1ccc(-c2ccc(Cc3ccc(CCc4cccnc4)cc3)cc2)cc1. The average molecular weight is 1520 g/mol. The van der Waals surface area contributed by atoms with Crippen LogP contribution >= 0.6 is 0 Å². The van der Waals surface area contributed by atoms with E-state index in [-0.39, 0.29) is 17.7 Å². The molecule has 1 unspecified atom stereocenters. The third-order valence-corrected chi connectivity index (χ3v) is 20.6. The number of aromatic nitrogens is 5. The predicted octanol–water partition coefficient (Wildman–Crippen LogP) is 26.0. The smallest absolute Gasteiger partial charge is 0.219 e. The fourth-order valence-corrected chi connectivity index (χ4v) is 14.0. The van der Waals surface area contributed by atoms with Crippen molar-refractivity contribution in [3.63, 3.8) is 0 Å². The zero-order valence-corrected chi connectivity index (χ0v) is 66.4. The number of rotatable bonds is 25. The van der Waals surface area contributed by atoms with Gasteiger partial charge in [-0.25, -0.2) is 13.8 Å². The fourth-order valence-electron chi connectivity index (χ4n) is 14.0. The Morgan fingerprint density at radius 2 is 0.578 bits per heavy atom. The zero-order valence-electron chi connectivity index (χ0n) is 66.4. The molecular formula is C106H95F2N5O3. The van der Waals surface area contributed by atoms with Gasteiger partial charge in [-0.3, -0.25) is 19.9 Å². The summed E-state index contributed by atoms with van der Waals surface area (Å²) in [6, 6.07) is 106. The molecule has 0 aliphatic carbocycles. The summed E-state index contributed by atoms with van der Waals surface area (Å²) in [5, 5.41) is 0. The molecule has 0 amide bonds. The molecule has 16 rings (SSSR count). The number of hydrogen-bond donors (Lipinski definition) is 0. The summed E-state index contributed by atoms with van der Waals surface area (Å²) in [5.41, 5.74) is 29.1. The van der Waals surface area contributed by atoms with Crippen LogP contribution < -0.4 is 9.47 Å². The average Bonchev–Trinajstić information content (AvgIpc) is 0.838. The Morgan fingerprint density at radius 1 is 0.267 bits per heavy atom. The van der Waals surface area contributed by atoms with Crippen molar-refractivity contribution >= 4 is 0 Å². The van der Waals surface area contributed by atoms with Crippen LogP contribution in [0, 0.1) is 39.3 Å². The maximum atomic E-state index is 13.1. The van der Waals surface area contributed by atoms with Crippen molar-refractivity contribution in [2.45, 2.75) is 91.6 Å². The van der Waals surface area contributed by atoms with Crippen molar-refractivity contribution in [2.24, 2.45) is 0 Å². The molecule has 0 bridgehead atoms. The number of nitrogens with zero attached hydrogens (tertiary/aromatic N) is 5. The van der Waals surface area contributed by atoms with E-state index in [1.54, 1.807) is 31.6 Å². The van der Waals surface area contributed by atoms with Crippen molar-refractivity contribution in [3.8, 4) is 67.6 Å². The molecular weight excluding hydrogens is 1430 g/mol. The van der Waals surface area contributed by atoms with E-state index < -0.39 is 0 Å². The molecule has 0 fully saturated rings. The molecule has 116 heavy (non-hydrogen) atoms. The molecule has 0 spiro atoms. The number of methoxy groups -OCH3 is 1. The minimum absolute atomic E-state index is 0.125. The minimum atomic E-state index is -0.223. The largest absolute Gasteiger partial charge is 0.457 e. The van der Waals surface area contributed by atoms with Crippen molar-refractivity contribution in [1.82, 2.24) is 24.9 Å². The highest BCUT2D eigenvalue weighted by molar-refractivity contribution is 5.73. The fraction of sp³-hybridized carbons (Fsp3) is 0.142. The number of halogens is 2. The van der Waals surface area contributed by atoms with Gasteiger partial charge in [0, 0.05) is 68.9 Å². The summed E-state index contributed by atoms with van der Waals surface area (Å²) in [4.78, 5) is 21.2. The van der Waals surface area contributed by atoms with E-state index >= 15 is 0 Å². The van der Waals surface area contributed by atoms with Crippen molar-refractivity contribution < 1.29 is 23.0 Å². The van der Waals surface area contributed by atoms with Crippen LogP contribution in [0.25, 0.3) is 44.5 Å². The van der Waals surface area contributed by atoms with E-state index in [0.717, 1.165) is 108 Å². The summed E-state index contributed by atoms with van der Waals surface area (Å²) >= 11 is 0. The minimum Gasteiger partial charge on any atom is -0.457 e. The molecule has 0 aliphatic heterocycles. The second-order valence-corrected chi connectivity index (χ2v) is 29.1. The van der Waals surface area contributed by atoms with Crippen LogP contribution in [0.3, 0.4) is 0 Å². The van der Waals surface area contributed by atoms with Gasteiger partial charge in [0.2, 0.25) is 5.88 Å². The van der Waals surface area contributed by atoms with Crippen molar-refractivity contribution in [2.75, 3.05) is 7.11 Å². The zero-order chi connectivity index (χ0) is 80.1. The normalized spacial score (nSPS) is 11.0. The number of ether oxygens (including phenoxy) is 3. The lowest BCUT2D eigenvalue weighted by Crippen LogP contribution is -2.04. The number of pyridine rings is 5. The lowest BCUT2D eigenvalue weighted by atomic mass is 9.96. The highest BCUT2D eigenvalue weighted by atomic mass is 19.1. The highest BCUT2D eigenvalue weighted by Gasteiger charge is 2.16. The van der Waals surface area contributed by atoms with Crippen LogP contribution in [0.1, 0.15) is 95.1 Å².